The van der Waals surface area contributed by atoms with Crippen LogP contribution in [-0.4, -0.2) is 103 Å². The van der Waals surface area contributed by atoms with Gasteiger partial charge in [-0.05, 0) is 85.5 Å². The highest BCUT2D eigenvalue weighted by atomic mass is 28.4. The fourth-order valence-electron chi connectivity index (χ4n) is 7.95. The molecule has 67 heavy (non-hydrogen) atoms. The molecule has 0 bridgehead atoms. The number of amides is 2. The molecule has 0 aromatic heterocycles. The molecule has 0 aliphatic rings. The first-order valence-corrected chi connectivity index (χ1v) is 33.6. The van der Waals surface area contributed by atoms with Crippen LogP contribution < -0.4 is 5.73 Å². The Morgan fingerprint density at radius 2 is 1.10 bits per heavy atom. The van der Waals surface area contributed by atoms with E-state index in [0.717, 1.165) is 6.42 Å². The van der Waals surface area contributed by atoms with Crippen molar-refractivity contribution >= 4 is 37.0 Å². The zero-order valence-corrected chi connectivity index (χ0v) is 50.4. The summed E-state index contributed by atoms with van der Waals surface area (Å²) in [6.45, 7) is 53.7. The summed E-state index contributed by atoms with van der Waals surface area (Å²) in [4.78, 5) is 30.9. The molecule has 2 amide bonds. The number of allylic oxidation sites excluding steroid dienone is 3. The number of hydroxylamine groups is 2. The fourth-order valence-corrected chi connectivity index (χ4v) is 12.4. The Labute approximate surface area is 414 Å². The van der Waals surface area contributed by atoms with Gasteiger partial charge in [0.25, 0.3) is 5.91 Å². The van der Waals surface area contributed by atoms with E-state index in [1.165, 1.54) is 17.7 Å². The summed E-state index contributed by atoms with van der Waals surface area (Å²) in [7, 11) is -3.89. The van der Waals surface area contributed by atoms with Crippen molar-refractivity contribution in [3.8, 4) is 0 Å². The number of rotatable bonds is 27. The molecule has 0 aromatic rings. The number of ether oxygens (including phenoxy) is 1. The number of aliphatic hydroxyl groups excluding tert-OH is 2. The highest BCUT2D eigenvalue weighted by molar-refractivity contribution is 6.75. The highest BCUT2D eigenvalue weighted by Crippen LogP contribution is 2.43. The second kappa shape index (κ2) is 26.5. The van der Waals surface area contributed by atoms with E-state index in [4.69, 9.17) is 28.6 Å². The van der Waals surface area contributed by atoms with Gasteiger partial charge in [0.2, 0.25) is 0 Å². The molecule has 0 spiro atoms. The molecule has 0 heterocycles. The molecular formula is C53H104N2O9Si3. The predicted molar refractivity (Wildman–Crippen MR) is 288 cm³/mol. The summed E-state index contributed by atoms with van der Waals surface area (Å²) in [6, 6.07) is 0. The van der Waals surface area contributed by atoms with E-state index >= 15 is 0 Å². The van der Waals surface area contributed by atoms with E-state index in [2.05, 4.69) is 149 Å². The molecule has 13 atom stereocenters. The van der Waals surface area contributed by atoms with E-state index in [1.54, 1.807) is 19.2 Å². The maximum Gasteiger partial charge on any atom is 0.404 e. The Hall–Kier alpha value is -1.89. The largest absolute Gasteiger partial charge is 0.445 e. The van der Waals surface area contributed by atoms with Gasteiger partial charge in [-0.1, -0.05) is 159 Å². The van der Waals surface area contributed by atoms with Crippen LogP contribution in [0.15, 0.2) is 48.6 Å². The standard InChI is InChI=1S/C53H104N2O9Si3/c1-27-28-29-36(3)46(61-50(54)59)41(8)47(63-66(23,24)52(13,14)15)39(6)33-35(2)32-38(5)45(62-65(21,22)51(10,11)12)37(4)30-31-43(56)34-44(57)40(7)48(42(9)49(58)55(19)60-20)64-67(25,26)53(16,17)18/h27-32,36-48,56-57H,1,33-34H2,2-26H3,(H2,54,59)/b29-28+,31-30-,35-32-/t36-,37-,38-,39-,40-,41+,42+,43+,44-,45-,46-,47+,48-/m0/s1. The monoisotopic (exact) mass is 997 g/mol. The average molecular weight is 998 g/mol. The zero-order chi connectivity index (χ0) is 53.0. The van der Waals surface area contributed by atoms with Crippen molar-refractivity contribution < 1.29 is 42.7 Å². The molecule has 0 unspecified atom stereocenters. The van der Waals surface area contributed by atoms with Crippen LogP contribution in [0, 0.1) is 41.4 Å². The Kier molecular flexibility index (Phi) is 25.8. The van der Waals surface area contributed by atoms with Crippen LogP contribution in [0.25, 0.3) is 0 Å². The van der Waals surface area contributed by atoms with Gasteiger partial charge in [-0.25, -0.2) is 9.86 Å². The number of nitrogens with zero attached hydrogens (tertiary/aromatic N) is 1. The predicted octanol–water partition coefficient (Wildman–Crippen LogP) is 12.8. The number of nitrogens with two attached hydrogens (primary N) is 1. The van der Waals surface area contributed by atoms with E-state index in [1.807, 2.05) is 39.0 Å². The maximum atomic E-state index is 13.4. The topological polar surface area (TPSA) is 150 Å². The summed E-state index contributed by atoms with van der Waals surface area (Å²) >= 11 is 0. The molecule has 11 nitrogen and oxygen atoms in total. The molecule has 0 aromatic carbocycles. The molecule has 0 radical (unpaired) electrons. The van der Waals surface area contributed by atoms with Gasteiger partial charge in [0.15, 0.2) is 25.0 Å². The minimum Gasteiger partial charge on any atom is -0.445 e. The Morgan fingerprint density at radius 3 is 1.52 bits per heavy atom. The number of hydrogen-bond donors (Lipinski definition) is 3. The normalized spacial score (nSPS) is 20.0. The minimum atomic E-state index is -2.37. The van der Waals surface area contributed by atoms with Gasteiger partial charge in [0, 0.05) is 31.2 Å². The van der Waals surface area contributed by atoms with Crippen molar-refractivity contribution in [1.29, 1.82) is 0 Å². The summed E-state index contributed by atoms with van der Waals surface area (Å²) < 4.78 is 27.2. The number of carbonyl (C=O) groups excluding carboxylic acids is 2. The van der Waals surface area contributed by atoms with Gasteiger partial charge in [-0.3, -0.25) is 9.63 Å². The van der Waals surface area contributed by atoms with E-state index in [0.29, 0.717) is 0 Å². The number of primary amides is 1. The summed E-state index contributed by atoms with van der Waals surface area (Å²) in [5, 5.41) is 24.2. The van der Waals surface area contributed by atoms with Crippen molar-refractivity contribution in [3.63, 3.8) is 0 Å². The molecule has 0 aliphatic carbocycles. The quantitative estimate of drug-likeness (QED) is 0.0316. The lowest BCUT2D eigenvalue weighted by atomic mass is 9.81. The van der Waals surface area contributed by atoms with Gasteiger partial charge >= 0.3 is 6.09 Å². The van der Waals surface area contributed by atoms with Crippen LogP contribution in [-0.2, 0) is 27.6 Å². The third-order valence-electron chi connectivity index (χ3n) is 15.6. The number of carbonyl (C=O) groups is 2. The number of aliphatic hydroxyl groups is 2. The Balaban J connectivity index is 6.94. The van der Waals surface area contributed by atoms with Gasteiger partial charge in [-0.2, -0.15) is 0 Å². The second-order valence-corrected chi connectivity index (χ2v) is 38.9. The molecule has 4 N–H and O–H groups in total. The van der Waals surface area contributed by atoms with E-state index in [9.17, 15) is 19.8 Å². The third kappa shape index (κ3) is 20.0. The van der Waals surface area contributed by atoms with E-state index in [-0.39, 0.29) is 69.2 Å². The van der Waals surface area contributed by atoms with Gasteiger partial charge in [0.1, 0.15) is 6.10 Å². The molecular weight excluding hydrogens is 893 g/mol. The first-order chi connectivity index (χ1) is 30.1. The molecule has 392 valence electrons. The summed E-state index contributed by atoms with van der Waals surface area (Å²) in [6.07, 6.45) is 8.33. The van der Waals surface area contributed by atoms with E-state index < -0.39 is 67.3 Å². The van der Waals surface area contributed by atoms with Crippen LogP contribution in [0.1, 0.15) is 131 Å². The third-order valence-corrected chi connectivity index (χ3v) is 29.0. The molecule has 0 saturated heterocycles. The molecule has 14 heteroatoms. The summed E-state index contributed by atoms with van der Waals surface area (Å²) in [5.74, 6) is -1.59. The van der Waals surface area contributed by atoms with Crippen LogP contribution in [0.2, 0.25) is 54.4 Å². The fraction of sp³-hybridized carbons (Fsp3) is 0.811. The van der Waals surface area contributed by atoms with Crippen LogP contribution in [0.3, 0.4) is 0 Å². The van der Waals surface area contributed by atoms with Crippen molar-refractivity contribution in [3.05, 3.63) is 48.6 Å². The molecule has 0 saturated carbocycles. The van der Waals surface area contributed by atoms with Crippen LogP contribution in [0.4, 0.5) is 4.79 Å². The minimum absolute atomic E-state index is 0.00780. The van der Waals surface area contributed by atoms with Crippen molar-refractivity contribution in [2.24, 2.45) is 47.2 Å². The number of hydrogen-bond acceptors (Lipinski definition) is 9. The van der Waals surface area contributed by atoms with Gasteiger partial charge in [-0.15, -0.1) is 0 Å². The Morgan fingerprint density at radius 1 is 0.672 bits per heavy atom. The zero-order valence-electron chi connectivity index (χ0n) is 47.4. The van der Waals surface area contributed by atoms with Gasteiger partial charge < -0.3 is 34.0 Å². The van der Waals surface area contributed by atoms with Crippen molar-refractivity contribution in [2.75, 3.05) is 14.2 Å². The van der Waals surface area contributed by atoms with Crippen molar-refractivity contribution in [2.45, 2.75) is 222 Å². The SMILES string of the molecule is C=C/C=C/[C@H](C)[C@H](OC(N)=O)[C@@H](C)[C@H](O[Si](C)(C)C(C)(C)C)[C@@H](C)C/C(C)=C\[C@H](C)[C@@H](O[Si](C)(C)C(C)(C)C)[C@@H](C)/C=C\[C@@H](O)C[C@H](O)[C@H](C)[C@H](O[Si](C)(C)C(C)(C)C)[C@@H](C)C(=O)N(C)OC. The van der Waals surface area contributed by atoms with Crippen LogP contribution in [0.5, 0.6) is 0 Å². The summed E-state index contributed by atoms with van der Waals surface area (Å²) in [5.41, 5.74) is 6.88. The molecule has 0 aliphatic heterocycles. The van der Waals surface area contributed by atoms with Gasteiger partial charge in [0.05, 0.1) is 43.5 Å². The smallest absolute Gasteiger partial charge is 0.404 e. The van der Waals surface area contributed by atoms with Crippen LogP contribution >= 0.6 is 0 Å². The lowest BCUT2D eigenvalue weighted by Crippen LogP contribution is -2.52. The second-order valence-electron chi connectivity index (χ2n) is 24.6. The first-order valence-electron chi connectivity index (χ1n) is 24.9. The first kappa shape index (κ1) is 65.1. The Bertz CT molecular complexity index is 1630. The lowest BCUT2D eigenvalue weighted by Gasteiger charge is -2.45. The molecule has 0 fully saturated rings. The highest BCUT2D eigenvalue weighted by Gasteiger charge is 2.46. The lowest BCUT2D eigenvalue weighted by molar-refractivity contribution is -0.177. The average Bonchev–Trinajstić information content (AvgIpc) is 3.18. The molecule has 0 rings (SSSR count). The van der Waals surface area contributed by atoms with Crippen molar-refractivity contribution in [1.82, 2.24) is 5.06 Å². The maximum absolute atomic E-state index is 13.4.